The van der Waals surface area contributed by atoms with Gasteiger partial charge < -0.3 is 10.0 Å². The van der Waals surface area contributed by atoms with Gasteiger partial charge in [0.2, 0.25) is 6.41 Å². The lowest BCUT2D eigenvalue weighted by molar-refractivity contribution is -0.145. The molecule has 0 saturated carbocycles. The van der Waals surface area contributed by atoms with Gasteiger partial charge in [0.25, 0.3) is 0 Å². The van der Waals surface area contributed by atoms with Gasteiger partial charge in [0, 0.05) is 14.1 Å². The molecule has 0 aliphatic heterocycles. The van der Waals surface area contributed by atoms with E-state index in [2.05, 4.69) is 0 Å². The number of carboxylic acid groups (broad SMARTS) is 1. The zero-order valence-corrected chi connectivity index (χ0v) is 10.5. The molecule has 0 aromatic heterocycles. The second kappa shape index (κ2) is 8.26. The van der Waals surface area contributed by atoms with E-state index >= 15 is 0 Å². The maximum atomic E-state index is 10.6. The van der Waals surface area contributed by atoms with Crippen molar-refractivity contribution in [2.75, 3.05) is 14.1 Å². The Morgan fingerprint density at radius 2 is 1.40 bits per heavy atom. The standard InChI is InChI=1S/C8H16O2.C3H7NO/c1-5(2)7(6(3)4)8(9)10;1-4(2)3-5/h5-7H,1-4H3,(H,9,10);3H,1-2H3. The molecule has 0 atom stereocenters. The van der Waals surface area contributed by atoms with Crippen LogP contribution in [0.2, 0.25) is 0 Å². The SMILES string of the molecule is CC(C)C(C(=O)O)C(C)C.CN(C)C=O. The molecule has 0 radical (unpaired) electrons. The first-order chi connectivity index (χ1) is 6.73. The highest BCUT2D eigenvalue weighted by atomic mass is 16.4. The summed E-state index contributed by atoms with van der Waals surface area (Å²) < 4.78 is 0. The van der Waals surface area contributed by atoms with Crippen molar-refractivity contribution >= 4 is 12.4 Å². The first kappa shape index (κ1) is 16.4. The molecule has 4 heteroatoms. The monoisotopic (exact) mass is 217 g/mol. The number of carbonyl (C=O) groups is 2. The van der Waals surface area contributed by atoms with Crippen LogP contribution in [0, 0.1) is 17.8 Å². The van der Waals surface area contributed by atoms with E-state index in [4.69, 9.17) is 5.11 Å². The molecule has 0 rings (SSSR count). The Labute approximate surface area is 92.3 Å². The average molecular weight is 217 g/mol. The summed E-state index contributed by atoms with van der Waals surface area (Å²) in [6, 6.07) is 0. The van der Waals surface area contributed by atoms with E-state index in [0.717, 1.165) is 6.41 Å². The van der Waals surface area contributed by atoms with E-state index < -0.39 is 5.97 Å². The predicted octanol–water partition coefficient (Wildman–Crippen LogP) is 1.70. The molecule has 0 bridgehead atoms. The van der Waals surface area contributed by atoms with E-state index in [1.54, 1.807) is 14.1 Å². The lowest BCUT2D eigenvalue weighted by Gasteiger charge is -2.19. The van der Waals surface area contributed by atoms with Crippen LogP contribution in [0.5, 0.6) is 0 Å². The maximum Gasteiger partial charge on any atom is 0.307 e. The largest absolute Gasteiger partial charge is 0.481 e. The topological polar surface area (TPSA) is 57.6 Å². The Balaban J connectivity index is 0. The maximum absolute atomic E-state index is 10.6. The van der Waals surface area contributed by atoms with Gasteiger partial charge in [-0.3, -0.25) is 9.59 Å². The highest BCUT2D eigenvalue weighted by Crippen LogP contribution is 2.19. The second-order valence-electron chi connectivity index (χ2n) is 4.42. The number of nitrogens with zero attached hydrogens (tertiary/aromatic N) is 1. The number of carbonyl (C=O) groups excluding carboxylic acids is 1. The average Bonchev–Trinajstić information content (AvgIpc) is 2.02. The molecule has 4 nitrogen and oxygen atoms in total. The molecule has 0 saturated heterocycles. The van der Waals surface area contributed by atoms with Crippen LogP contribution in [-0.2, 0) is 9.59 Å². The van der Waals surface area contributed by atoms with Crippen molar-refractivity contribution in [3.63, 3.8) is 0 Å². The molecule has 0 aliphatic rings. The number of aliphatic carboxylic acids is 1. The second-order valence-corrected chi connectivity index (χ2v) is 4.42. The first-order valence-corrected chi connectivity index (χ1v) is 5.08. The van der Waals surface area contributed by atoms with E-state index in [0.29, 0.717) is 0 Å². The summed E-state index contributed by atoms with van der Waals surface area (Å²) in [5, 5.41) is 8.71. The Kier molecular flexibility index (Phi) is 9.02. The molecule has 0 aliphatic carbocycles. The van der Waals surface area contributed by atoms with Gasteiger partial charge in [0.15, 0.2) is 0 Å². The van der Waals surface area contributed by atoms with Crippen molar-refractivity contribution in [1.29, 1.82) is 0 Å². The molecule has 0 fully saturated rings. The quantitative estimate of drug-likeness (QED) is 0.729. The summed E-state index contributed by atoms with van der Waals surface area (Å²) in [6.07, 6.45) is 0.750. The van der Waals surface area contributed by atoms with Crippen LogP contribution in [0.15, 0.2) is 0 Å². The molecule has 15 heavy (non-hydrogen) atoms. The van der Waals surface area contributed by atoms with Crippen LogP contribution < -0.4 is 0 Å². The van der Waals surface area contributed by atoms with E-state index in [9.17, 15) is 9.59 Å². The third-order valence-corrected chi connectivity index (χ3v) is 1.93. The van der Waals surface area contributed by atoms with Crippen LogP contribution in [-0.4, -0.2) is 36.5 Å². The summed E-state index contributed by atoms with van der Waals surface area (Å²) in [5.74, 6) is -0.403. The van der Waals surface area contributed by atoms with Gasteiger partial charge in [-0.05, 0) is 11.8 Å². The first-order valence-electron chi connectivity index (χ1n) is 5.08. The van der Waals surface area contributed by atoms with Crippen LogP contribution in [0.25, 0.3) is 0 Å². The minimum absolute atomic E-state index is 0.194. The summed E-state index contributed by atoms with van der Waals surface area (Å²) >= 11 is 0. The molecule has 0 aromatic rings. The Morgan fingerprint density at radius 3 is 1.40 bits per heavy atom. The van der Waals surface area contributed by atoms with E-state index in [1.807, 2.05) is 27.7 Å². The number of hydrogen-bond donors (Lipinski definition) is 1. The summed E-state index contributed by atoms with van der Waals surface area (Å²) in [5.41, 5.74) is 0. The fourth-order valence-electron chi connectivity index (χ4n) is 1.34. The summed E-state index contributed by atoms with van der Waals surface area (Å²) in [6.45, 7) is 7.77. The third-order valence-electron chi connectivity index (χ3n) is 1.93. The van der Waals surface area contributed by atoms with Gasteiger partial charge in [-0.2, -0.15) is 0 Å². The zero-order valence-electron chi connectivity index (χ0n) is 10.5. The summed E-state index contributed by atoms with van der Waals surface area (Å²) in [7, 11) is 3.38. The van der Waals surface area contributed by atoms with Crippen molar-refractivity contribution in [2.24, 2.45) is 17.8 Å². The fraction of sp³-hybridized carbons (Fsp3) is 0.818. The molecule has 0 aromatic carbocycles. The van der Waals surface area contributed by atoms with Crippen molar-refractivity contribution in [1.82, 2.24) is 4.90 Å². The zero-order chi connectivity index (χ0) is 12.6. The number of carboxylic acids is 1. The lowest BCUT2D eigenvalue weighted by Crippen LogP contribution is -2.24. The van der Waals surface area contributed by atoms with Crippen molar-refractivity contribution in [3.8, 4) is 0 Å². The smallest absolute Gasteiger partial charge is 0.307 e. The third kappa shape index (κ3) is 9.25. The van der Waals surface area contributed by atoms with Crippen LogP contribution in [0.3, 0.4) is 0 Å². The Hall–Kier alpha value is -1.06. The highest BCUT2D eigenvalue weighted by Gasteiger charge is 2.24. The predicted molar refractivity (Wildman–Crippen MR) is 60.6 cm³/mol. The van der Waals surface area contributed by atoms with Gasteiger partial charge in [-0.25, -0.2) is 0 Å². The van der Waals surface area contributed by atoms with E-state index in [-0.39, 0.29) is 17.8 Å². The normalized spacial score (nSPS) is 9.93. The van der Waals surface area contributed by atoms with Gasteiger partial charge in [-0.15, -0.1) is 0 Å². The van der Waals surface area contributed by atoms with Crippen molar-refractivity contribution in [2.45, 2.75) is 27.7 Å². The van der Waals surface area contributed by atoms with Crippen LogP contribution in [0.1, 0.15) is 27.7 Å². The number of amides is 1. The fourth-order valence-corrected chi connectivity index (χ4v) is 1.34. The highest BCUT2D eigenvalue weighted by molar-refractivity contribution is 5.70. The van der Waals surface area contributed by atoms with Gasteiger partial charge >= 0.3 is 5.97 Å². The van der Waals surface area contributed by atoms with Gasteiger partial charge in [0.05, 0.1) is 5.92 Å². The minimum atomic E-state index is -0.676. The van der Waals surface area contributed by atoms with E-state index in [1.165, 1.54) is 4.90 Å². The molecule has 0 spiro atoms. The van der Waals surface area contributed by atoms with Gasteiger partial charge in [-0.1, -0.05) is 27.7 Å². The van der Waals surface area contributed by atoms with Gasteiger partial charge in [0.1, 0.15) is 0 Å². The number of rotatable bonds is 4. The minimum Gasteiger partial charge on any atom is -0.481 e. The number of hydrogen-bond acceptors (Lipinski definition) is 2. The molecule has 0 heterocycles. The molecule has 1 amide bonds. The Morgan fingerprint density at radius 1 is 1.13 bits per heavy atom. The molecular weight excluding hydrogens is 194 g/mol. The molecule has 90 valence electrons. The molecular formula is C11H23NO3. The van der Waals surface area contributed by atoms with Crippen LogP contribution in [0.4, 0.5) is 0 Å². The molecule has 1 N–H and O–H groups in total. The van der Waals surface area contributed by atoms with Crippen molar-refractivity contribution in [3.05, 3.63) is 0 Å². The van der Waals surface area contributed by atoms with Crippen molar-refractivity contribution < 1.29 is 14.7 Å². The molecule has 0 unspecified atom stereocenters. The van der Waals surface area contributed by atoms with Crippen LogP contribution >= 0.6 is 0 Å². The lowest BCUT2D eigenvalue weighted by atomic mass is 9.86. The summed E-state index contributed by atoms with van der Waals surface area (Å²) in [4.78, 5) is 21.5. The Bertz CT molecular complexity index is 180.